The van der Waals surface area contributed by atoms with Crippen LogP contribution in [-0.2, 0) is 0 Å². The Hall–Kier alpha value is -13.0. The largest absolute Gasteiger partial charge is 0.0622 e. The van der Waals surface area contributed by atoms with Crippen LogP contribution in [0, 0.1) is 69.2 Å². The molecule has 18 rings (SSSR count). The van der Waals surface area contributed by atoms with Gasteiger partial charge in [-0.15, -0.1) is 0 Å². The third-order valence-corrected chi connectivity index (χ3v) is 18.9. The molecule has 18 aromatic rings. The molecule has 0 unspecified atom stereocenters. The molecule has 0 aliphatic carbocycles. The third kappa shape index (κ3) is 25.3. The molecule has 0 spiro atoms. The van der Waals surface area contributed by atoms with Crippen LogP contribution in [0.3, 0.4) is 0 Å². The lowest BCUT2D eigenvalue weighted by Crippen LogP contribution is -1.81. The Kier molecular flexibility index (Phi) is 30.6. The minimum Gasteiger partial charge on any atom is -0.0622 e. The van der Waals surface area contributed by atoms with Crippen LogP contribution in [0.5, 0.6) is 0 Å². The van der Waals surface area contributed by atoms with Gasteiger partial charge in [-0.25, -0.2) is 0 Å². The minimum absolute atomic E-state index is 1.28. The van der Waals surface area contributed by atoms with Crippen molar-refractivity contribution in [3.63, 3.8) is 0 Å². The monoisotopic (exact) mass is 1420 g/mol. The predicted octanol–water partition coefficient (Wildman–Crippen LogP) is 31.2. The first-order valence-corrected chi connectivity index (χ1v) is 38.1. The molecule has 0 atom stereocenters. The molecule has 0 aromatic heterocycles. The molecule has 542 valence electrons. The van der Waals surface area contributed by atoms with E-state index in [1.165, 1.54) is 154 Å². The van der Waals surface area contributed by atoms with Crippen LogP contribution >= 0.6 is 0 Å². The van der Waals surface area contributed by atoms with E-state index in [9.17, 15) is 0 Å². The van der Waals surface area contributed by atoms with Gasteiger partial charge >= 0.3 is 0 Å². The van der Waals surface area contributed by atoms with E-state index in [1.807, 2.05) is 36.4 Å². The maximum atomic E-state index is 2.25. The normalized spacial score (nSPS) is 10.1. The fraction of sp³-hybridized carbons (Fsp3) is 0.0909. The topological polar surface area (TPSA) is 0 Å². The molecular formula is C110H102. The van der Waals surface area contributed by atoms with Crippen molar-refractivity contribution >= 4 is 43.1 Å². The van der Waals surface area contributed by atoms with Gasteiger partial charge in [-0.1, -0.05) is 475 Å². The van der Waals surface area contributed by atoms with Gasteiger partial charge in [0.05, 0.1) is 0 Å². The first kappa shape index (κ1) is 79.6. The molecule has 110 heavy (non-hydrogen) atoms. The number of fused-ring (bicyclic) bond motifs is 4. The van der Waals surface area contributed by atoms with E-state index in [0.29, 0.717) is 0 Å². The van der Waals surface area contributed by atoms with Crippen molar-refractivity contribution in [2.45, 2.75) is 69.2 Å². The summed E-state index contributed by atoms with van der Waals surface area (Å²) in [7, 11) is 0. The molecule has 0 saturated carbocycles. The Morgan fingerprint density at radius 2 is 0.382 bits per heavy atom. The van der Waals surface area contributed by atoms with Crippen molar-refractivity contribution in [3.8, 4) is 55.6 Å². The average Bonchev–Trinajstić information content (AvgIpc) is 0.813. The highest BCUT2D eigenvalue weighted by Gasteiger charge is 2.05. The average molecular weight is 1420 g/mol. The molecule has 0 aliphatic rings. The second-order valence-corrected chi connectivity index (χ2v) is 27.9. The smallest absolute Gasteiger partial charge is 0.0105 e. The van der Waals surface area contributed by atoms with E-state index in [4.69, 9.17) is 0 Å². The molecule has 0 N–H and O–H groups in total. The van der Waals surface area contributed by atoms with Crippen LogP contribution in [0.15, 0.2) is 437 Å². The van der Waals surface area contributed by atoms with Gasteiger partial charge in [0.25, 0.3) is 0 Å². The lowest BCUT2D eigenvalue weighted by atomic mass is 9.98. The first-order valence-electron chi connectivity index (χ1n) is 38.1. The van der Waals surface area contributed by atoms with Gasteiger partial charge in [-0.2, -0.15) is 0 Å². The molecule has 0 heteroatoms. The standard InChI is InChI=1S/2C17H14.3C13H12.2C11H10.C8H10.C7H8/c1-13-9-11-15(12-10-13)17-8-4-6-14-5-2-3-7-16(14)17;1-13-6-8-15(9-7-13)17-11-10-14-4-2-3-5-16(14)12-17;1-11-7-5-6-10-13(11)12-8-3-2-4-9-12;1-11-6-5-9-13(10-11)12-7-3-2-4-8-12;1-11-7-9-13(10-8-11)12-5-3-2-4-6-12;1-9-5-4-7-10-6-2-3-8-11(9)10;1-9-6-7-10-4-2-3-5-11(10)8-9;1-7-3-5-8(2)6-4-7;1-7-5-3-2-4-6-7/h2*2-12H,1H3;3*2-10H,1H3;2*2-8H,1H3;3-6H,1-2H3;2-6H,1H3. The molecule has 0 radical (unpaired) electrons. The van der Waals surface area contributed by atoms with Gasteiger partial charge in [0.15, 0.2) is 0 Å². The first-order chi connectivity index (χ1) is 53.7. The lowest BCUT2D eigenvalue weighted by Gasteiger charge is -2.07. The van der Waals surface area contributed by atoms with E-state index >= 15 is 0 Å². The summed E-state index contributed by atoms with van der Waals surface area (Å²) in [5.41, 5.74) is 26.1. The number of rotatable bonds is 5. The maximum Gasteiger partial charge on any atom is -0.0105 e. The summed E-state index contributed by atoms with van der Waals surface area (Å²) in [5, 5.41) is 10.5. The SMILES string of the molecule is Cc1ccc(-c2ccc3ccccc3c2)cc1.Cc1ccc(-c2cccc3ccccc23)cc1.Cc1ccc(-c2ccccc2)cc1.Cc1ccc(C)cc1.Cc1ccc2ccccc2c1.Cc1cccc(-c2ccccc2)c1.Cc1cccc2ccccc12.Cc1ccccc1.Cc1ccccc1-c1ccccc1. The predicted molar refractivity (Wildman–Crippen MR) is 483 cm³/mol. The van der Waals surface area contributed by atoms with Crippen molar-refractivity contribution < 1.29 is 0 Å². The zero-order chi connectivity index (χ0) is 77.1. The van der Waals surface area contributed by atoms with Crippen molar-refractivity contribution in [1.29, 1.82) is 0 Å². The lowest BCUT2D eigenvalue weighted by molar-refractivity contribution is 1.40. The molecule has 18 aromatic carbocycles. The molecular weight excluding hydrogens is 1320 g/mol. The van der Waals surface area contributed by atoms with Crippen LogP contribution in [0.25, 0.3) is 98.7 Å². The highest BCUT2D eigenvalue weighted by atomic mass is 14.1. The number of benzene rings is 18. The highest BCUT2D eigenvalue weighted by molar-refractivity contribution is 5.97. The minimum atomic E-state index is 1.28. The van der Waals surface area contributed by atoms with Crippen LogP contribution in [0.1, 0.15) is 55.6 Å². The molecule has 0 heterocycles. The zero-order valence-electron chi connectivity index (χ0n) is 65.6. The Bertz CT molecular complexity index is 5660. The highest BCUT2D eigenvalue weighted by Crippen LogP contribution is 2.30. The molecule has 0 nitrogen and oxygen atoms in total. The summed E-state index contributed by atoms with van der Waals surface area (Å²) in [6.07, 6.45) is 0. The number of hydrogen-bond donors (Lipinski definition) is 0. The van der Waals surface area contributed by atoms with E-state index < -0.39 is 0 Å². The van der Waals surface area contributed by atoms with Gasteiger partial charge in [0.1, 0.15) is 0 Å². The zero-order valence-corrected chi connectivity index (χ0v) is 65.6. The van der Waals surface area contributed by atoms with E-state index in [1.54, 1.807) is 0 Å². The molecule has 0 aliphatic heterocycles. The molecule has 0 fully saturated rings. The summed E-state index contributed by atoms with van der Waals surface area (Å²) in [6, 6.07) is 153. The number of hydrogen-bond acceptors (Lipinski definition) is 0. The van der Waals surface area contributed by atoms with Gasteiger partial charge in [0, 0.05) is 0 Å². The van der Waals surface area contributed by atoms with Crippen LogP contribution in [-0.4, -0.2) is 0 Å². The number of aryl methyl sites for hydroxylation is 10. The van der Waals surface area contributed by atoms with Gasteiger partial charge in [0.2, 0.25) is 0 Å². The van der Waals surface area contributed by atoms with Gasteiger partial charge in [-0.3, -0.25) is 0 Å². The second-order valence-electron chi connectivity index (χ2n) is 27.9. The third-order valence-electron chi connectivity index (χ3n) is 18.9. The summed E-state index contributed by atoms with van der Waals surface area (Å²) in [6.45, 7) is 21.1. The van der Waals surface area contributed by atoms with Crippen molar-refractivity contribution in [3.05, 3.63) is 492 Å². The van der Waals surface area contributed by atoms with E-state index in [0.717, 1.165) is 0 Å². The Balaban J connectivity index is 0.000000133. The van der Waals surface area contributed by atoms with Crippen LogP contribution in [0.4, 0.5) is 0 Å². The van der Waals surface area contributed by atoms with Gasteiger partial charge in [-0.05, 0) is 185 Å². The quantitative estimate of drug-likeness (QED) is 0.161. The summed E-state index contributed by atoms with van der Waals surface area (Å²) < 4.78 is 0. The maximum absolute atomic E-state index is 2.25. The van der Waals surface area contributed by atoms with Gasteiger partial charge < -0.3 is 0 Å². The Labute approximate surface area is 656 Å². The molecule has 0 saturated heterocycles. The van der Waals surface area contributed by atoms with Crippen LogP contribution in [0.2, 0.25) is 0 Å². The van der Waals surface area contributed by atoms with Crippen LogP contribution < -0.4 is 0 Å². The molecule has 0 amide bonds. The second kappa shape index (κ2) is 42.4. The van der Waals surface area contributed by atoms with Crippen molar-refractivity contribution in [2.24, 2.45) is 0 Å². The fourth-order valence-corrected chi connectivity index (χ4v) is 12.5. The van der Waals surface area contributed by atoms with E-state index in [2.05, 4.69) is 470 Å². The Morgan fingerprint density at radius 1 is 0.118 bits per heavy atom. The summed E-state index contributed by atoms with van der Waals surface area (Å²) in [5.74, 6) is 0. The van der Waals surface area contributed by atoms with Crippen molar-refractivity contribution in [1.82, 2.24) is 0 Å². The van der Waals surface area contributed by atoms with E-state index in [-0.39, 0.29) is 0 Å². The van der Waals surface area contributed by atoms with Crippen molar-refractivity contribution in [2.75, 3.05) is 0 Å². The summed E-state index contributed by atoms with van der Waals surface area (Å²) in [4.78, 5) is 0. The molecule has 0 bridgehead atoms. The fourth-order valence-electron chi connectivity index (χ4n) is 12.5. The summed E-state index contributed by atoms with van der Waals surface area (Å²) >= 11 is 0. The Morgan fingerprint density at radius 3 is 0.873 bits per heavy atom.